The summed E-state index contributed by atoms with van der Waals surface area (Å²) < 4.78 is 36.1. The molecule has 2 nitrogen and oxygen atoms in total. The first-order valence-corrected chi connectivity index (χ1v) is 5.17. The Balaban J connectivity index is 2.84. The second-order valence-corrected chi connectivity index (χ2v) is 4.00. The number of benzene rings is 1. The fourth-order valence-corrected chi connectivity index (χ4v) is 1.63. The molecule has 0 aliphatic heterocycles. The summed E-state index contributed by atoms with van der Waals surface area (Å²) in [5.74, 6) is 0. The van der Waals surface area contributed by atoms with Crippen molar-refractivity contribution in [3.05, 3.63) is 34.3 Å². The standard InChI is InChI=1S/C11H10ClF3N2/c1-7-4-8(12)2-3-9(7)10(5-16)17-6-11(13,14)15/h2-4,10,17H,6H2,1H3. The smallest absolute Gasteiger partial charge is 0.290 e. The summed E-state index contributed by atoms with van der Waals surface area (Å²) in [4.78, 5) is 0. The van der Waals surface area contributed by atoms with Crippen LogP contribution in [-0.4, -0.2) is 12.7 Å². The van der Waals surface area contributed by atoms with Crippen LogP contribution < -0.4 is 5.32 Å². The highest BCUT2D eigenvalue weighted by Crippen LogP contribution is 2.22. The van der Waals surface area contributed by atoms with Crippen molar-refractivity contribution in [3.8, 4) is 6.07 Å². The first-order valence-electron chi connectivity index (χ1n) is 4.79. The summed E-state index contributed by atoms with van der Waals surface area (Å²) in [5.41, 5.74) is 1.18. The average molecular weight is 263 g/mol. The molecule has 0 aliphatic rings. The van der Waals surface area contributed by atoms with E-state index in [-0.39, 0.29) is 0 Å². The molecular formula is C11H10ClF3N2. The Kier molecular flexibility index (Phi) is 4.38. The predicted octanol–water partition coefficient (Wildman–Crippen LogP) is 3.37. The van der Waals surface area contributed by atoms with Crippen LogP contribution in [0.25, 0.3) is 0 Å². The van der Waals surface area contributed by atoms with Crippen molar-refractivity contribution >= 4 is 11.6 Å². The SMILES string of the molecule is Cc1cc(Cl)ccc1C(C#N)NCC(F)(F)F. The molecule has 0 aromatic heterocycles. The van der Waals surface area contributed by atoms with E-state index in [1.807, 2.05) is 0 Å². The molecule has 0 fully saturated rings. The van der Waals surface area contributed by atoms with E-state index in [2.05, 4.69) is 5.32 Å². The van der Waals surface area contributed by atoms with Crippen LogP contribution in [0.1, 0.15) is 17.2 Å². The maximum Gasteiger partial charge on any atom is 0.401 e. The summed E-state index contributed by atoms with van der Waals surface area (Å²) in [6.45, 7) is 0.494. The van der Waals surface area contributed by atoms with Gasteiger partial charge in [0.2, 0.25) is 0 Å². The molecule has 17 heavy (non-hydrogen) atoms. The van der Waals surface area contributed by atoms with Gasteiger partial charge in [0.25, 0.3) is 0 Å². The molecule has 6 heteroatoms. The van der Waals surface area contributed by atoms with E-state index in [0.717, 1.165) is 0 Å². The van der Waals surface area contributed by atoms with Gasteiger partial charge < -0.3 is 0 Å². The predicted molar refractivity (Wildman–Crippen MR) is 58.6 cm³/mol. The second kappa shape index (κ2) is 5.39. The number of nitrogens with one attached hydrogen (secondary N) is 1. The number of halogens is 4. The van der Waals surface area contributed by atoms with Crippen molar-refractivity contribution in [1.82, 2.24) is 5.32 Å². The molecule has 1 aromatic rings. The van der Waals surface area contributed by atoms with Gasteiger partial charge in [0.05, 0.1) is 12.6 Å². The molecule has 0 saturated carbocycles. The average Bonchev–Trinajstić information content (AvgIpc) is 2.19. The van der Waals surface area contributed by atoms with Crippen molar-refractivity contribution in [3.63, 3.8) is 0 Å². The Morgan fingerprint density at radius 2 is 2.12 bits per heavy atom. The summed E-state index contributed by atoms with van der Waals surface area (Å²) >= 11 is 5.73. The Morgan fingerprint density at radius 3 is 2.59 bits per heavy atom. The van der Waals surface area contributed by atoms with E-state index in [0.29, 0.717) is 16.1 Å². The van der Waals surface area contributed by atoms with Gasteiger partial charge in [-0.25, -0.2) is 0 Å². The largest absolute Gasteiger partial charge is 0.401 e. The molecule has 0 aliphatic carbocycles. The first kappa shape index (κ1) is 13.8. The van der Waals surface area contributed by atoms with Crippen molar-refractivity contribution in [2.75, 3.05) is 6.54 Å². The summed E-state index contributed by atoms with van der Waals surface area (Å²) in [5, 5.41) is 11.5. The molecule has 1 aromatic carbocycles. The van der Waals surface area contributed by atoms with Gasteiger partial charge in [-0.05, 0) is 30.2 Å². The van der Waals surface area contributed by atoms with E-state index >= 15 is 0 Å². The van der Waals surface area contributed by atoms with E-state index < -0.39 is 18.8 Å². The number of aryl methyl sites for hydroxylation is 1. The normalized spacial score (nSPS) is 13.2. The molecule has 0 bridgehead atoms. The van der Waals surface area contributed by atoms with Crippen LogP contribution in [0.5, 0.6) is 0 Å². The summed E-state index contributed by atoms with van der Waals surface area (Å²) in [6, 6.07) is 5.51. The zero-order chi connectivity index (χ0) is 13.1. The fraction of sp³-hybridized carbons (Fsp3) is 0.364. The van der Waals surface area contributed by atoms with Crippen molar-refractivity contribution in [1.29, 1.82) is 5.26 Å². The lowest BCUT2D eigenvalue weighted by atomic mass is 10.0. The Morgan fingerprint density at radius 1 is 1.47 bits per heavy atom. The van der Waals surface area contributed by atoms with Gasteiger partial charge in [0.1, 0.15) is 6.04 Å². The molecule has 0 amide bonds. The lowest BCUT2D eigenvalue weighted by Crippen LogP contribution is -2.31. The van der Waals surface area contributed by atoms with Gasteiger partial charge in [0, 0.05) is 5.02 Å². The first-order chi connectivity index (χ1) is 7.83. The van der Waals surface area contributed by atoms with Crippen LogP contribution in [0, 0.1) is 18.3 Å². The number of nitriles is 1. The summed E-state index contributed by atoms with van der Waals surface area (Å²) in [7, 11) is 0. The minimum atomic E-state index is -4.34. The van der Waals surface area contributed by atoms with Crippen LogP contribution >= 0.6 is 11.6 Å². The molecule has 1 unspecified atom stereocenters. The highest BCUT2D eigenvalue weighted by Gasteiger charge is 2.28. The molecular weight excluding hydrogens is 253 g/mol. The Hall–Kier alpha value is -1.25. The quantitative estimate of drug-likeness (QED) is 0.907. The molecule has 0 radical (unpaired) electrons. The zero-order valence-corrected chi connectivity index (χ0v) is 9.73. The van der Waals surface area contributed by atoms with Crippen LogP contribution in [-0.2, 0) is 0 Å². The number of hydrogen-bond donors (Lipinski definition) is 1. The molecule has 0 heterocycles. The van der Waals surface area contributed by atoms with E-state index in [1.54, 1.807) is 31.2 Å². The topological polar surface area (TPSA) is 35.8 Å². The third-order valence-electron chi connectivity index (χ3n) is 2.18. The minimum Gasteiger partial charge on any atom is -0.290 e. The lowest BCUT2D eigenvalue weighted by Gasteiger charge is -2.15. The van der Waals surface area contributed by atoms with Crippen LogP contribution in [0.4, 0.5) is 13.2 Å². The zero-order valence-electron chi connectivity index (χ0n) is 8.98. The maximum absolute atomic E-state index is 12.0. The van der Waals surface area contributed by atoms with Crippen molar-refractivity contribution in [2.24, 2.45) is 0 Å². The van der Waals surface area contributed by atoms with Crippen LogP contribution in [0.3, 0.4) is 0 Å². The van der Waals surface area contributed by atoms with Crippen LogP contribution in [0.15, 0.2) is 18.2 Å². The molecule has 1 atom stereocenters. The van der Waals surface area contributed by atoms with E-state index in [4.69, 9.17) is 16.9 Å². The van der Waals surface area contributed by atoms with Gasteiger partial charge in [-0.2, -0.15) is 18.4 Å². The number of alkyl halides is 3. The second-order valence-electron chi connectivity index (χ2n) is 3.56. The monoisotopic (exact) mass is 262 g/mol. The Bertz CT molecular complexity index is 437. The number of rotatable bonds is 3. The summed E-state index contributed by atoms with van der Waals surface area (Å²) in [6.07, 6.45) is -4.34. The molecule has 92 valence electrons. The van der Waals surface area contributed by atoms with Crippen molar-refractivity contribution in [2.45, 2.75) is 19.1 Å². The van der Waals surface area contributed by atoms with Crippen molar-refractivity contribution < 1.29 is 13.2 Å². The van der Waals surface area contributed by atoms with Gasteiger partial charge in [-0.3, -0.25) is 5.32 Å². The molecule has 0 spiro atoms. The number of hydrogen-bond acceptors (Lipinski definition) is 2. The van der Waals surface area contributed by atoms with Gasteiger partial charge >= 0.3 is 6.18 Å². The Labute approximate surface area is 102 Å². The van der Waals surface area contributed by atoms with E-state index in [1.165, 1.54) is 0 Å². The minimum absolute atomic E-state index is 0.485. The highest BCUT2D eigenvalue weighted by molar-refractivity contribution is 6.30. The van der Waals surface area contributed by atoms with E-state index in [9.17, 15) is 13.2 Å². The fourth-order valence-electron chi connectivity index (χ4n) is 1.41. The molecule has 0 saturated heterocycles. The van der Waals surface area contributed by atoms with Gasteiger partial charge in [-0.1, -0.05) is 17.7 Å². The number of nitrogens with zero attached hydrogens (tertiary/aromatic N) is 1. The molecule has 1 rings (SSSR count). The maximum atomic E-state index is 12.0. The third kappa shape index (κ3) is 4.25. The third-order valence-corrected chi connectivity index (χ3v) is 2.41. The lowest BCUT2D eigenvalue weighted by molar-refractivity contribution is -0.125. The van der Waals surface area contributed by atoms with Crippen LogP contribution in [0.2, 0.25) is 5.02 Å². The van der Waals surface area contributed by atoms with Gasteiger partial charge in [0.15, 0.2) is 0 Å². The highest BCUT2D eigenvalue weighted by atomic mass is 35.5. The van der Waals surface area contributed by atoms with Gasteiger partial charge in [-0.15, -0.1) is 0 Å². The molecule has 1 N–H and O–H groups in total.